The lowest BCUT2D eigenvalue weighted by molar-refractivity contribution is -0.158. The smallest absolute Gasteiger partial charge is 0.358 e. The van der Waals surface area contributed by atoms with Crippen LogP contribution >= 0.6 is 10.8 Å². The van der Waals surface area contributed by atoms with Gasteiger partial charge >= 0.3 is 11.9 Å². The van der Waals surface area contributed by atoms with Gasteiger partial charge in [-0.05, 0) is 67.6 Å². The largest absolute Gasteiger partial charge is 0.487 e. The zero-order valence-corrected chi connectivity index (χ0v) is 30.0. The van der Waals surface area contributed by atoms with E-state index in [2.05, 4.69) is 20.6 Å². The van der Waals surface area contributed by atoms with Gasteiger partial charge in [0.15, 0.2) is 5.69 Å². The van der Waals surface area contributed by atoms with Crippen molar-refractivity contribution < 1.29 is 38.4 Å². The molecule has 5 aromatic rings. The van der Waals surface area contributed by atoms with E-state index in [0.29, 0.717) is 35.0 Å². The molecule has 6 rings (SSSR count). The molecule has 2 atom stereocenters. The summed E-state index contributed by atoms with van der Waals surface area (Å²) < 4.78 is 40.0. The van der Waals surface area contributed by atoms with Gasteiger partial charge in [-0.3, -0.25) is 13.9 Å². The van der Waals surface area contributed by atoms with E-state index in [-0.39, 0.29) is 31.5 Å². The Bertz CT molecular complexity index is 2080. The van der Waals surface area contributed by atoms with E-state index in [4.69, 9.17) is 14.6 Å². The van der Waals surface area contributed by atoms with Crippen molar-refractivity contribution in [3.8, 4) is 5.75 Å². The second kappa shape index (κ2) is 14.8. The van der Waals surface area contributed by atoms with Crippen LogP contribution in [0.25, 0.3) is 0 Å². The average Bonchev–Trinajstić information content (AvgIpc) is 3.73. The standard InChI is InChI=1S/C36H41N7O8S/c1-23-12-13-27(15-28(23)19-43-16-24(2)51-31-10-5-6-11-32(31)52(43,48)49)33(36(3,4)35(46)47)50-22-29-20-41(39-37-29)17-25-8-7-9-26(14-25)18-42-21-30(34(44)45)38-40-42/h5-15,20-21,24,33,48-49H,16-19,22H2,1-4H3,(H,44,45)(H,46,47)/t24-,33?/m1/s1. The number of fused-ring (bicyclic) bond motifs is 1. The van der Waals surface area contributed by atoms with Crippen molar-refractivity contribution in [3.63, 3.8) is 0 Å². The molecule has 0 amide bonds. The van der Waals surface area contributed by atoms with Crippen molar-refractivity contribution in [2.24, 2.45) is 5.41 Å². The molecule has 0 radical (unpaired) electrons. The Morgan fingerprint density at radius 2 is 1.63 bits per heavy atom. The molecular weight excluding hydrogens is 691 g/mol. The highest BCUT2D eigenvalue weighted by Crippen LogP contribution is 2.57. The molecule has 0 fully saturated rings. The summed E-state index contributed by atoms with van der Waals surface area (Å²) in [4.78, 5) is 24.0. The fourth-order valence-electron chi connectivity index (χ4n) is 6.09. The number of aromatic carboxylic acids is 1. The number of rotatable bonds is 13. The topological polar surface area (TPSA) is 198 Å². The molecule has 0 aliphatic carbocycles. The Balaban J connectivity index is 1.18. The van der Waals surface area contributed by atoms with E-state index >= 15 is 0 Å². The van der Waals surface area contributed by atoms with Gasteiger partial charge in [0, 0.05) is 6.54 Å². The number of carbonyl (C=O) groups is 2. The summed E-state index contributed by atoms with van der Waals surface area (Å²) in [6, 6.07) is 20.2. The molecule has 52 heavy (non-hydrogen) atoms. The van der Waals surface area contributed by atoms with Crippen LogP contribution in [0.5, 0.6) is 5.75 Å². The summed E-state index contributed by atoms with van der Waals surface area (Å²) in [5.74, 6) is -1.75. The van der Waals surface area contributed by atoms with Gasteiger partial charge in [0.05, 0.1) is 50.2 Å². The van der Waals surface area contributed by atoms with E-state index < -0.39 is 34.2 Å². The van der Waals surface area contributed by atoms with Crippen LogP contribution in [0.15, 0.2) is 84.0 Å². The minimum atomic E-state index is -3.39. The zero-order chi connectivity index (χ0) is 37.2. The molecule has 1 unspecified atom stereocenters. The Kier molecular flexibility index (Phi) is 10.5. The number of aliphatic carboxylic acids is 1. The van der Waals surface area contributed by atoms with Crippen molar-refractivity contribution in [1.82, 2.24) is 34.3 Å². The van der Waals surface area contributed by atoms with Crippen LogP contribution < -0.4 is 4.74 Å². The van der Waals surface area contributed by atoms with Gasteiger partial charge in [-0.1, -0.05) is 65.0 Å². The summed E-state index contributed by atoms with van der Waals surface area (Å²) in [5, 5.41) is 35.4. The monoisotopic (exact) mass is 731 g/mol. The third kappa shape index (κ3) is 8.00. The third-order valence-corrected chi connectivity index (χ3v) is 10.9. The number of aromatic nitrogens is 6. The van der Waals surface area contributed by atoms with Crippen LogP contribution in [0.3, 0.4) is 0 Å². The van der Waals surface area contributed by atoms with Gasteiger partial charge < -0.3 is 19.7 Å². The molecule has 4 N–H and O–H groups in total. The minimum absolute atomic E-state index is 0.0128. The zero-order valence-electron chi connectivity index (χ0n) is 29.2. The summed E-state index contributed by atoms with van der Waals surface area (Å²) >= 11 is 0. The number of aryl methyl sites for hydroxylation is 1. The Morgan fingerprint density at radius 3 is 2.33 bits per heavy atom. The first kappa shape index (κ1) is 36.7. The number of nitrogens with zero attached hydrogens (tertiary/aromatic N) is 7. The maximum Gasteiger partial charge on any atom is 0.358 e. The van der Waals surface area contributed by atoms with Crippen LogP contribution in [0.1, 0.15) is 70.9 Å². The molecule has 0 spiro atoms. The molecule has 2 aromatic heterocycles. The molecule has 1 aliphatic heterocycles. The predicted octanol–water partition coefficient (Wildman–Crippen LogP) is 5.65. The van der Waals surface area contributed by atoms with E-state index in [9.17, 15) is 23.8 Å². The van der Waals surface area contributed by atoms with Gasteiger partial charge in [0.25, 0.3) is 0 Å². The normalized spacial score (nSPS) is 17.1. The SMILES string of the molecule is Cc1ccc(C(OCc2cn(Cc3cccc(Cn4cc(C(=O)O)nn4)c3)nn2)C(C)(C)C(=O)O)cc1CN1C[C@@H](C)Oc2ccccc2S1(O)O. The quantitative estimate of drug-likeness (QED) is 0.116. The Labute approximate surface area is 301 Å². The first-order valence-electron chi connectivity index (χ1n) is 16.5. The fraction of sp³-hybridized carbons (Fsp3) is 0.333. The number of carboxylic acids is 2. The number of hydrogen-bond acceptors (Lipinski definition) is 11. The number of benzene rings is 3. The molecular formula is C36H41N7O8S. The van der Waals surface area contributed by atoms with Crippen molar-refractivity contribution in [2.75, 3.05) is 6.54 Å². The second-order valence-electron chi connectivity index (χ2n) is 13.5. The molecule has 0 saturated heterocycles. The van der Waals surface area contributed by atoms with E-state index in [1.807, 2.05) is 56.3 Å². The fourth-order valence-corrected chi connectivity index (χ4v) is 7.75. The maximum atomic E-state index is 12.5. The van der Waals surface area contributed by atoms with Crippen LogP contribution in [0.2, 0.25) is 0 Å². The first-order chi connectivity index (χ1) is 24.7. The van der Waals surface area contributed by atoms with Crippen LogP contribution in [-0.2, 0) is 35.8 Å². The molecule has 274 valence electrons. The van der Waals surface area contributed by atoms with Crippen LogP contribution in [-0.4, -0.2) is 78.2 Å². The van der Waals surface area contributed by atoms with E-state index in [1.165, 1.54) is 10.9 Å². The molecule has 1 aliphatic rings. The van der Waals surface area contributed by atoms with Crippen molar-refractivity contribution >= 4 is 22.7 Å². The average molecular weight is 732 g/mol. The minimum Gasteiger partial charge on any atom is -0.487 e. The molecule has 0 bridgehead atoms. The molecule has 15 nitrogen and oxygen atoms in total. The Morgan fingerprint density at radius 1 is 0.942 bits per heavy atom. The third-order valence-electron chi connectivity index (χ3n) is 8.94. The second-order valence-corrected chi connectivity index (χ2v) is 15.4. The van der Waals surface area contributed by atoms with Gasteiger partial charge in [-0.2, -0.15) is 4.31 Å². The number of para-hydroxylation sites is 1. The first-order valence-corrected chi connectivity index (χ1v) is 18.0. The van der Waals surface area contributed by atoms with Gasteiger partial charge in [0.2, 0.25) is 0 Å². The maximum absolute atomic E-state index is 12.5. The Hall–Kier alpha value is -5.13. The predicted molar refractivity (Wildman–Crippen MR) is 190 cm³/mol. The van der Waals surface area contributed by atoms with Gasteiger partial charge in [-0.15, -0.1) is 21.0 Å². The number of carboxylic acid groups (broad SMARTS) is 2. The van der Waals surface area contributed by atoms with Gasteiger partial charge in [-0.25, -0.2) is 14.2 Å². The summed E-state index contributed by atoms with van der Waals surface area (Å²) in [5.41, 5.74) is 3.17. The van der Waals surface area contributed by atoms with E-state index in [1.54, 1.807) is 53.3 Å². The molecule has 3 aromatic carbocycles. The summed E-state index contributed by atoms with van der Waals surface area (Å²) in [6.07, 6.45) is 1.90. The van der Waals surface area contributed by atoms with Crippen molar-refractivity contribution in [1.29, 1.82) is 0 Å². The lowest BCUT2D eigenvalue weighted by atomic mass is 9.81. The van der Waals surface area contributed by atoms with Crippen molar-refractivity contribution in [3.05, 3.63) is 118 Å². The highest BCUT2D eigenvalue weighted by molar-refractivity contribution is 8.22. The van der Waals surface area contributed by atoms with Gasteiger partial charge in [0.1, 0.15) is 22.4 Å². The van der Waals surface area contributed by atoms with Crippen LogP contribution in [0.4, 0.5) is 0 Å². The molecule has 0 saturated carbocycles. The highest BCUT2D eigenvalue weighted by atomic mass is 32.3. The lowest BCUT2D eigenvalue weighted by Gasteiger charge is -2.42. The number of hydrogen-bond donors (Lipinski definition) is 4. The summed E-state index contributed by atoms with van der Waals surface area (Å²) in [7, 11) is -3.39. The molecule has 3 heterocycles. The highest BCUT2D eigenvalue weighted by Gasteiger charge is 2.40. The molecule has 16 heteroatoms. The van der Waals surface area contributed by atoms with Crippen LogP contribution in [0, 0.1) is 12.3 Å². The van der Waals surface area contributed by atoms with Crippen molar-refractivity contribution in [2.45, 2.75) is 71.0 Å². The van der Waals surface area contributed by atoms with E-state index in [0.717, 1.165) is 22.3 Å². The summed E-state index contributed by atoms with van der Waals surface area (Å²) in [6.45, 7) is 8.17. The number of ether oxygens (including phenoxy) is 2. The lowest BCUT2D eigenvalue weighted by Crippen LogP contribution is -2.34.